The maximum atomic E-state index is 5.77. The van der Waals surface area contributed by atoms with E-state index in [0.717, 1.165) is 31.0 Å². The first-order valence-electron chi connectivity index (χ1n) is 9.27. The summed E-state index contributed by atoms with van der Waals surface area (Å²) in [7, 11) is 0. The molecular weight excluding hydrogens is 322 g/mol. The molecule has 136 valence electrons. The van der Waals surface area contributed by atoms with Crippen LogP contribution in [0.25, 0.3) is 0 Å². The van der Waals surface area contributed by atoms with Crippen LogP contribution in [0.1, 0.15) is 43.1 Å². The minimum absolute atomic E-state index is 0.191. The lowest BCUT2D eigenvalue weighted by Crippen LogP contribution is -2.17. The van der Waals surface area contributed by atoms with E-state index in [-0.39, 0.29) is 6.10 Å². The number of ether oxygens (including phenoxy) is 1. The molecule has 3 rings (SSSR count). The summed E-state index contributed by atoms with van der Waals surface area (Å²) in [6.07, 6.45) is 2.93. The highest BCUT2D eigenvalue weighted by molar-refractivity contribution is 5.36. The van der Waals surface area contributed by atoms with E-state index in [0.29, 0.717) is 5.92 Å². The molecule has 0 saturated carbocycles. The Balaban J connectivity index is 1.67. The summed E-state index contributed by atoms with van der Waals surface area (Å²) < 4.78 is 11.1. The first kappa shape index (κ1) is 18.3. The average Bonchev–Trinajstić information content (AvgIpc) is 3.16. The molecule has 3 aromatic rings. The molecule has 0 amide bonds. The van der Waals surface area contributed by atoms with Gasteiger partial charge in [0, 0.05) is 5.92 Å². The Morgan fingerprint density at radius 3 is 2.27 bits per heavy atom. The molecule has 1 atom stereocenters. The Morgan fingerprint density at radius 2 is 1.62 bits per heavy atom. The van der Waals surface area contributed by atoms with Crippen LogP contribution in [0.5, 0.6) is 5.75 Å². The van der Waals surface area contributed by atoms with Crippen LogP contribution in [0.3, 0.4) is 0 Å². The highest BCUT2D eigenvalue weighted by atomic mass is 16.5. The predicted octanol–water partition coefficient (Wildman–Crippen LogP) is 5.38. The van der Waals surface area contributed by atoms with E-state index in [1.54, 1.807) is 6.26 Å². The van der Waals surface area contributed by atoms with Crippen molar-refractivity contribution in [3.8, 4) is 5.75 Å². The first-order valence-corrected chi connectivity index (χ1v) is 9.27. The lowest BCUT2D eigenvalue weighted by molar-refractivity contribution is 0.242. The van der Waals surface area contributed by atoms with E-state index in [2.05, 4.69) is 59.9 Å². The fourth-order valence-electron chi connectivity index (χ4n) is 3.13. The molecule has 0 radical (unpaired) electrons. The summed E-state index contributed by atoms with van der Waals surface area (Å²) in [5.41, 5.74) is 2.65. The number of hydrogen-bond donors (Lipinski definition) is 1. The smallest absolute Gasteiger partial charge is 0.119 e. The molecule has 0 bridgehead atoms. The maximum Gasteiger partial charge on any atom is 0.119 e. The highest BCUT2D eigenvalue weighted by Gasteiger charge is 2.14. The quantitative estimate of drug-likeness (QED) is 0.527. The molecule has 3 nitrogen and oxygen atoms in total. The van der Waals surface area contributed by atoms with E-state index < -0.39 is 0 Å². The molecule has 2 aromatic carbocycles. The summed E-state index contributed by atoms with van der Waals surface area (Å²) in [5, 5.41) is 3.48. The van der Waals surface area contributed by atoms with Gasteiger partial charge in [-0.15, -0.1) is 0 Å². The van der Waals surface area contributed by atoms with Crippen molar-refractivity contribution in [2.45, 2.75) is 38.8 Å². The molecule has 1 N–H and O–H groups in total. The van der Waals surface area contributed by atoms with Crippen molar-refractivity contribution in [3.63, 3.8) is 0 Å². The van der Waals surface area contributed by atoms with Gasteiger partial charge in [-0.3, -0.25) is 0 Å². The Kier molecular flexibility index (Phi) is 6.50. The van der Waals surface area contributed by atoms with Crippen molar-refractivity contribution in [1.29, 1.82) is 0 Å². The summed E-state index contributed by atoms with van der Waals surface area (Å²) in [6, 6.07) is 23.1. The molecule has 0 aliphatic rings. The van der Waals surface area contributed by atoms with Crippen LogP contribution in [0.2, 0.25) is 0 Å². The topological polar surface area (TPSA) is 34.4 Å². The van der Waals surface area contributed by atoms with Gasteiger partial charge in [0.05, 0.1) is 18.9 Å². The zero-order valence-electron chi connectivity index (χ0n) is 15.5. The van der Waals surface area contributed by atoms with Crippen molar-refractivity contribution in [2.24, 2.45) is 0 Å². The normalized spacial score (nSPS) is 12.3. The summed E-state index contributed by atoms with van der Waals surface area (Å²) in [5.74, 6) is 2.25. The molecule has 0 saturated heterocycles. The van der Waals surface area contributed by atoms with E-state index in [1.165, 1.54) is 11.1 Å². The van der Waals surface area contributed by atoms with Crippen molar-refractivity contribution in [3.05, 3.63) is 89.9 Å². The summed E-state index contributed by atoms with van der Waals surface area (Å²) in [6.45, 7) is 5.77. The van der Waals surface area contributed by atoms with Crippen LogP contribution < -0.4 is 10.1 Å². The van der Waals surface area contributed by atoms with Crippen molar-refractivity contribution < 1.29 is 9.15 Å². The van der Waals surface area contributed by atoms with Gasteiger partial charge >= 0.3 is 0 Å². The molecule has 1 aromatic heterocycles. The second-order valence-corrected chi connectivity index (χ2v) is 6.74. The largest absolute Gasteiger partial charge is 0.491 e. The van der Waals surface area contributed by atoms with Gasteiger partial charge in [-0.2, -0.15) is 0 Å². The summed E-state index contributed by atoms with van der Waals surface area (Å²) >= 11 is 0. The molecule has 0 aliphatic carbocycles. The van der Waals surface area contributed by atoms with Crippen molar-refractivity contribution in [1.82, 2.24) is 5.32 Å². The van der Waals surface area contributed by atoms with Crippen LogP contribution >= 0.6 is 0 Å². The zero-order valence-corrected chi connectivity index (χ0v) is 15.5. The molecule has 0 aliphatic heterocycles. The minimum atomic E-state index is 0.191. The molecule has 3 heteroatoms. The lowest BCUT2D eigenvalue weighted by atomic mass is 9.88. The molecule has 1 heterocycles. The average molecular weight is 349 g/mol. The van der Waals surface area contributed by atoms with Gasteiger partial charge in [0.15, 0.2) is 0 Å². The monoisotopic (exact) mass is 349 g/mol. The van der Waals surface area contributed by atoms with Crippen molar-refractivity contribution >= 4 is 0 Å². The van der Waals surface area contributed by atoms with Crippen LogP contribution in [-0.2, 0) is 6.54 Å². The maximum absolute atomic E-state index is 5.77. The van der Waals surface area contributed by atoms with E-state index in [4.69, 9.17) is 9.15 Å². The molecule has 0 unspecified atom stereocenters. The van der Waals surface area contributed by atoms with Gasteiger partial charge in [0.2, 0.25) is 0 Å². The zero-order chi connectivity index (χ0) is 18.2. The molecule has 0 fully saturated rings. The fraction of sp³-hybridized carbons (Fsp3) is 0.304. The van der Waals surface area contributed by atoms with Crippen molar-refractivity contribution in [2.75, 3.05) is 6.54 Å². The number of benzene rings is 2. The Hall–Kier alpha value is -2.52. The van der Waals surface area contributed by atoms with Gasteiger partial charge in [-0.25, -0.2) is 0 Å². The van der Waals surface area contributed by atoms with Gasteiger partial charge < -0.3 is 14.5 Å². The number of hydrogen-bond acceptors (Lipinski definition) is 3. The van der Waals surface area contributed by atoms with Gasteiger partial charge in [-0.1, -0.05) is 42.5 Å². The molecular formula is C23H27NO2. The molecule has 26 heavy (non-hydrogen) atoms. The van der Waals surface area contributed by atoms with Crippen LogP contribution in [-0.4, -0.2) is 12.6 Å². The first-order chi connectivity index (χ1) is 12.7. The lowest BCUT2D eigenvalue weighted by Gasteiger charge is -2.19. The van der Waals surface area contributed by atoms with E-state index >= 15 is 0 Å². The SMILES string of the molecule is CC(C)Oc1ccc([C@@H](CCNCc2ccco2)c2ccccc2)cc1. The number of nitrogens with one attached hydrogen (secondary N) is 1. The van der Waals surface area contributed by atoms with Gasteiger partial charge in [-0.05, 0) is 62.2 Å². The van der Waals surface area contributed by atoms with Crippen LogP contribution in [0.4, 0.5) is 0 Å². The summed E-state index contributed by atoms with van der Waals surface area (Å²) in [4.78, 5) is 0. The van der Waals surface area contributed by atoms with E-state index in [1.807, 2.05) is 26.0 Å². The van der Waals surface area contributed by atoms with Crippen LogP contribution in [0, 0.1) is 0 Å². The highest BCUT2D eigenvalue weighted by Crippen LogP contribution is 2.29. The third-order valence-electron chi connectivity index (χ3n) is 4.35. The second-order valence-electron chi connectivity index (χ2n) is 6.74. The Bertz CT molecular complexity index is 749. The Morgan fingerprint density at radius 1 is 0.885 bits per heavy atom. The number of rotatable bonds is 9. The van der Waals surface area contributed by atoms with Gasteiger partial charge in [0.25, 0.3) is 0 Å². The van der Waals surface area contributed by atoms with E-state index in [9.17, 15) is 0 Å². The minimum Gasteiger partial charge on any atom is -0.491 e. The van der Waals surface area contributed by atoms with Gasteiger partial charge in [0.1, 0.15) is 11.5 Å². The predicted molar refractivity (Wildman–Crippen MR) is 106 cm³/mol. The standard InChI is InChI=1S/C23H27NO2/c1-18(2)26-21-12-10-20(11-13-21)23(19-7-4-3-5-8-19)14-15-24-17-22-9-6-16-25-22/h3-13,16,18,23-24H,14-15,17H2,1-2H3/t23-/m0/s1. The molecule has 0 spiro atoms. The third kappa shape index (κ3) is 5.24. The number of furan rings is 1. The van der Waals surface area contributed by atoms with Crippen LogP contribution in [0.15, 0.2) is 77.4 Å². The Labute approximate surface area is 156 Å². The third-order valence-corrected chi connectivity index (χ3v) is 4.35. The fourth-order valence-corrected chi connectivity index (χ4v) is 3.13. The second kappa shape index (κ2) is 9.25.